The first-order valence-electron chi connectivity index (χ1n) is 9.37. The number of benzene rings is 2. The lowest BCUT2D eigenvalue weighted by atomic mass is 10.2. The van der Waals surface area contributed by atoms with E-state index in [4.69, 9.17) is 32.7 Å². The quantitative estimate of drug-likeness (QED) is 0.331. The number of ether oxygens (including phenoxy) is 2. The van der Waals surface area contributed by atoms with Crippen LogP contribution in [0.3, 0.4) is 0 Å². The predicted molar refractivity (Wildman–Crippen MR) is 120 cm³/mol. The SMILES string of the molecule is COc1cc(CNCCCSc2nnnn2C)c(Cl)cc1OCc1ccccc1Cl. The Hall–Kier alpha value is -2.00. The van der Waals surface area contributed by atoms with Gasteiger partial charge < -0.3 is 14.8 Å². The summed E-state index contributed by atoms with van der Waals surface area (Å²) in [7, 11) is 3.44. The first-order chi connectivity index (χ1) is 14.6. The molecule has 160 valence electrons. The van der Waals surface area contributed by atoms with E-state index in [2.05, 4.69) is 20.8 Å². The van der Waals surface area contributed by atoms with Gasteiger partial charge in [0.25, 0.3) is 0 Å². The van der Waals surface area contributed by atoms with Gasteiger partial charge in [-0.3, -0.25) is 0 Å². The molecule has 3 aromatic rings. The molecule has 7 nitrogen and oxygen atoms in total. The van der Waals surface area contributed by atoms with Crippen LogP contribution >= 0.6 is 35.0 Å². The molecule has 0 atom stereocenters. The molecule has 30 heavy (non-hydrogen) atoms. The van der Waals surface area contributed by atoms with Crippen molar-refractivity contribution in [3.8, 4) is 11.5 Å². The zero-order valence-electron chi connectivity index (χ0n) is 16.8. The zero-order valence-corrected chi connectivity index (χ0v) is 19.1. The normalized spacial score (nSPS) is 10.9. The van der Waals surface area contributed by atoms with E-state index >= 15 is 0 Å². The summed E-state index contributed by atoms with van der Waals surface area (Å²) in [5.41, 5.74) is 1.85. The molecule has 2 aromatic carbocycles. The molecule has 10 heteroatoms. The largest absolute Gasteiger partial charge is 0.493 e. The van der Waals surface area contributed by atoms with E-state index in [1.165, 1.54) is 0 Å². The molecule has 0 aliphatic carbocycles. The van der Waals surface area contributed by atoms with E-state index in [-0.39, 0.29) is 0 Å². The lowest BCUT2D eigenvalue weighted by Gasteiger charge is -2.15. The second-order valence-corrected chi connectivity index (χ2v) is 8.31. The Morgan fingerprint density at radius 2 is 1.93 bits per heavy atom. The summed E-state index contributed by atoms with van der Waals surface area (Å²) >= 11 is 14.3. The molecule has 0 aliphatic heterocycles. The van der Waals surface area contributed by atoms with Gasteiger partial charge in [-0.15, -0.1) is 5.10 Å². The van der Waals surface area contributed by atoms with Gasteiger partial charge in [0, 0.05) is 41.0 Å². The summed E-state index contributed by atoms with van der Waals surface area (Å²) in [5.74, 6) is 2.14. The van der Waals surface area contributed by atoms with E-state index in [1.54, 1.807) is 29.6 Å². The van der Waals surface area contributed by atoms with Gasteiger partial charge >= 0.3 is 0 Å². The van der Waals surface area contributed by atoms with Gasteiger partial charge in [-0.1, -0.05) is 53.2 Å². The number of methoxy groups -OCH3 is 1. The van der Waals surface area contributed by atoms with Gasteiger partial charge in [0.15, 0.2) is 11.5 Å². The second kappa shape index (κ2) is 11.4. The van der Waals surface area contributed by atoms with Crippen LogP contribution < -0.4 is 14.8 Å². The highest BCUT2D eigenvalue weighted by Crippen LogP contribution is 2.34. The molecule has 0 fully saturated rings. The van der Waals surface area contributed by atoms with Gasteiger partial charge in [-0.05, 0) is 41.1 Å². The first-order valence-corrected chi connectivity index (χ1v) is 11.1. The predicted octanol–water partition coefficient (Wildman–Crippen LogP) is 4.38. The Kier molecular flexibility index (Phi) is 8.62. The number of halogens is 2. The maximum Gasteiger partial charge on any atom is 0.209 e. The number of nitrogens with one attached hydrogen (secondary N) is 1. The Bertz CT molecular complexity index is 970. The van der Waals surface area contributed by atoms with E-state index in [1.807, 2.05) is 37.4 Å². The summed E-state index contributed by atoms with van der Waals surface area (Å²) in [6.07, 6.45) is 0.977. The summed E-state index contributed by atoms with van der Waals surface area (Å²) in [6.45, 7) is 1.82. The fraction of sp³-hybridized carbons (Fsp3) is 0.350. The molecule has 0 amide bonds. The molecule has 0 saturated carbocycles. The Labute approximate surface area is 190 Å². The van der Waals surface area contributed by atoms with Crippen molar-refractivity contribution in [2.45, 2.75) is 24.7 Å². The van der Waals surface area contributed by atoms with Crippen LogP contribution in [0.4, 0.5) is 0 Å². The Morgan fingerprint density at radius 1 is 1.10 bits per heavy atom. The van der Waals surface area contributed by atoms with Crippen LogP contribution in [-0.4, -0.2) is 39.6 Å². The molecule has 1 aromatic heterocycles. The highest BCUT2D eigenvalue weighted by molar-refractivity contribution is 7.99. The summed E-state index contributed by atoms with van der Waals surface area (Å²) < 4.78 is 13.1. The third-order valence-electron chi connectivity index (χ3n) is 4.30. The number of nitrogens with zero attached hydrogens (tertiary/aromatic N) is 4. The minimum Gasteiger partial charge on any atom is -0.493 e. The molecule has 1 heterocycles. The van der Waals surface area contributed by atoms with Crippen molar-refractivity contribution in [1.82, 2.24) is 25.5 Å². The molecular formula is C20H23Cl2N5O2S. The smallest absolute Gasteiger partial charge is 0.209 e. The average Bonchev–Trinajstić information content (AvgIpc) is 3.15. The van der Waals surface area contributed by atoms with Crippen LogP contribution in [0.2, 0.25) is 10.0 Å². The molecule has 0 unspecified atom stereocenters. The summed E-state index contributed by atoms with van der Waals surface area (Å²) in [6, 6.07) is 11.3. The summed E-state index contributed by atoms with van der Waals surface area (Å²) in [5, 5.41) is 16.9. The van der Waals surface area contributed by atoms with Crippen molar-refractivity contribution >= 4 is 35.0 Å². The van der Waals surface area contributed by atoms with Gasteiger partial charge in [0.2, 0.25) is 5.16 Å². The maximum atomic E-state index is 6.47. The molecule has 0 radical (unpaired) electrons. The summed E-state index contributed by atoms with van der Waals surface area (Å²) in [4.78, 5) is 0. The zero-order chi connectivity index (χ0) is 21.3. The molecule has 0 aliphatic rings. The second-order valence-electron chi connectivity index (χ2n) is 6.44. The maximum absolute atomic E-state index is 6.47. The van der Waals surface area contributed by atoms with Crippen LogP contribution in [0.5, 0.6) is 11.5 Å². The lowest BCUT2D eigenvalue weighted by molar-refractivity contribution is 0.284. The monoisotopic (exact) mass is 467 g/mol. The first kappa shape index (κ1) is 22.7. The molecule has 0 bridgehead atoms. The van der Waals surface area contributed by atoms with Crippen molar-refractivity contribution in [3.05, 3.63) is 57.6 Å². The van der Waals surface area contributed by atoms with Crippen molar-refractivity contribution in [1.29, 1.82) is 0 Å². The van der Waals surface area contributed by atoms with Crippen molar-refractivity contribution in [3.63, 3.8) is 0 Å². The number of aromatic nitrogens is 4. The van der Waals surface area contributed by atoms with Crippen molar-refractivity contribution in [2.24, 2.45) is 7.05 Å². The number of thioether (sulfide) groups is 1. The standard InChI is InChI=1S/C20H23Cl2N5O2S/c1-27-20(24-25-26-27)30-9-5-8-23-12-15-10-18(28-2)19(11-17(15)22)29-13-14-6-3-4-7-16(14)21/h3-4,6-7,10-11,23H,5,8-9,12-13H2,1-2H3. The fourth-order valence-electron chi connectivity index (χ4n) is 2.68. The highest BCUT2D eigenvalue weighted by atomic mass is 35.5. The van der Waals surface area contributed by atoms with Gasteiger partial charge in [0.05, 0.1) is 7.11 Å². The van der Waals surface area contributed by atoms with E-state index in [0.717, 1.165) is 35.0 Å². The minimum atomic E-state index is 0.336. The average molecular weight is 468 g/mol. The number of hydrogen-bond donors (Lipinski definition) is 1. The topological polar surface area (TPSA) is 74.1 Å². The molecule has 0 spiro atoms. The van der Waals surface area contributed by atoms with Crippen LogP contribution in [0.1, 0.15) is 17.5 Å². The van der Waals surface area contributed by atoms with Gasteiger partial charge in [-0.25, -0.2) is 4.68 Å². The van der Waals surface area contributed by atoms with Crippen LogP contribution in [0.15, 0.2) is 41.6 Å². The molecule has 0 saturated heterocycles. The highest BCUT2D eigenvalue weighted by Gasteiger charge is 2.12. The van der Waals surface area contributed by atoms with Gasteiger partial charge in [0.1, 0.15) is 6.61 Å². The third kappa shape index (κ3) is 6.25. The Balaban J connectivity index is 1.49. The van der Waals surface area contributed by atoms with Crippen LogP contribution in [-0.2, 0) is 20.2 Å². The number of hydrogen-bond acceptors (Lipinski definition) is 7. The number of aryl methyl sites for hydroxylation is 1. The minimum absolute atomic E-state index is 0.336. The van der Waals surface area contributed by atoms with E-state index in [0.29, 0.717) is 34.7 Å². The molecule has 1 N–H and O–H groups in total. The van der Waals surface area contributed by atoms with Crippen LogP contribution in [0, 0.1) is 0 Å². The lowest BCUT2D eigenvalue weighted by Crippen LogP contribution is -2.16. The van der Waals surface area contributed by atoms with Crippen molar-refractivity contribution < 1.29 is 9.47 Å². The number of tetrazole rings is 1. The molecular weight excluding hydrogens is 445 g/mol. The fourth-order valence-corrected chi connectivity index (χ4v) is 3.88. The van der Waals surface area contributed by atoms with E-state index < -0.39 is 0 Å². The van der Waals surface area contributed by atoms with Crippen LogP contribution in [0.25, 0.3) is 0 Å². The third-order valence-corrected chi connectivity index (χ3v) is 6.12. The Morgan fingerprint density at radius 3 is 2.67 bits per heavy atom. The van der Waals surface area contributed by atoms with E-state index in [9.17, 15) is 0 Å². The van der Waals surface area contributed by atoms with Gasteiger partial charge in [-0.2, -0.15) is 0 Å². The molecule has 3 rings (SSSR count). The van der Waals surface area contributed by atoms with Crippen molar-refractivity contribution in [2.75, 3.05) is 19.4 Å². The number of rotatable bonds is 11.